The summed E-state index contributed by atoms with van der Waals surface area (Å²) in [6, 6.07) is 7.08. The minimum atomic E-state index is -2.86. The molecule has 4 heterocycles. The molecule has 0 spiro atoms. The number of anilines is 1. The van der Waals surface area contributed by atoms with Crippen molar-refractivity contribution < 1.29 is 28.4 Å². The van der Waals surface area contributed by atoms with Gasteiger partial charge in [0.25, 0.3) is 12.3 Å². The summed E-state index contributed by atoms with van der Waals surface area (Å²) in [7, 11) is 0. The monoisotopic (exact) mass is 706 g/mol. The minimum Gasteiger partial charge on any atom is -0.396 e. The number of nitrogens with zero attached hydrogens (tertiary/aromatic N) is 4. The number of nitrogens with one attached hydrogen (secondary N) is 2. The number of allylic oxidation sites excluding steroid dienone is 5. The van der Waals surface area contributed by atoms with Gasteiger partial charge in [0.1, 0.15) is 18.1 Å². The Hall–Kier alpha value is -3.91. The van der Waals surface area contributed by atoms with Gasteiger partial charge in [0.2, 0.25) is 6.04 Å². The Morgan fingerprint density at radius 3 is 2.62 bits per heavy atom. The zero-order chi connectivity index (χ0) is 34.9. The smallest absolute Gasteiger partial charge is 0.291 e. The molecule has 3 aromatic rings. The first-order valence-electron chi connectivity index (χ1n) is 17.4. The topological polar surface area (TPSA) is 124 Å². The summed E-state index contributed by atoms with van der Waals surface area (Å²) in [5.41, 5.74) is 3.80. The molecule has 4 aliphatic rings. The summed E-state index contributed by atoms with van der Waals surface area (Å²) in [5.74, 6) is 1.12. The van der Waals surface area contributed by atoms with Crippen molar-refractivity contribution in [2.24, 2.45) is 11.8 Å². The molecule has 7 rings (SSSR count). The lowest BCUT2D eigenvalue weighted by molar-refractivity contribution is -0.619. The Bertz CT molecular complexity index is 1800. The number of aliphatic hydroxyl groups excluding tert-OH is 1. The van der Waals surface area contributed by atoms with E-state index in [4.69, 9.17) is 5.41 Å². The first-order chi connectivity index (χ1) is 24.2. The van der Waals surface area contributed by atoms with E-state index in [1.165, 1.54) is 40.8 Å². The highest BCUT2D eigenvalue weighted by atomic mass is 32.1. The number of carbonyl (C=O) groups excluding carboxylic acids is 1. The van der Waals surface area contributed by atoms with Gasteiger partial charge in [-0.05, 0) is 91.8 Å². The van der Waals surface area contributed by atoms with E-state index in [0.717, 1.165) is 50.9 Å². The van der Waals surface area contributed by atoms with Crippen molar-refractivity contribution in [2.75, 3.05) is 31.6 Å². The molecule has 1 unspecified atom stereocenters. The van der Waals surface area contributed by atoms with E-state index >= 15 is 0 Å². The van der Waals surface area contributed by atoms with Crippen LogP contribution in [-0.2, 0) is 17.8 Å². The summed E-state index contributed by atoms with van der Waals surface area (Å²) in [6.45, 7) is 5.42. The van der Waals surface area contributed by atoms with Crippen molar-refractivity contribution in [1.29, 1.82) is 5.41 Å². The van der Waals surface area contributed by atoms with Crippen LogP contribution in [0.15, 0.2) is 71.2 Å². The number of hydrogen-bond donors (Lipinski definition) is 4. The Balaban J connectivity index is 1.06. The Morgan fingerprint density at radius 1 is 1.18 bits per heavy atom. The molecule has 5 N–H and O–H groups in total. The number of piperidine rings is 1. The van der Waals surface area contributed by atoms with Crippen LogP contribution in [-0.4, -0.2) is 75.0 Å². The summed E-state index contributed by atoms with van der Waals surface area (Å²) < 4.78 is 45.3. The van der Waals surface area contributed by atoms with Crippen molar-refractivity contribution in [3.05, 3.63) is 93.7 Å². The highest BCUT2D eigenvalue weighted by Crippen LogP contribution is 2.43. The van der Waals surface area contributed by atoms with Gasteiger partial charge in [-0.1, -0.05) is 24.3 Å². The fourth-order valence-corrected chi connectivity index (χ4v) is 8.34. The lowest BCUT2D eigenvalue weighted by Crippen LogP contribution is -2.82. The molecule has 1 saturated carbocycles. The molecule has 2 fully saturated rings. The van der Waals surface area contributed by atoms with E-state index in [1.54, 1.807) is 23.1 Å². The van der Waals surface area contributed by atoms with Crippen molar-refractivity contribution in [3.8, 4) is 0 Å². The quantitative estimate of drug-likeness (QED) is 0.217. The molecule has 2 aromatic heterocycles. The number of imidazole rings is 1. The highest BCUT2D eigenvalue weighted by Gasteiger charge is 2.36. The van der Waals surface area contributed by atoms with Crippen LogP contribution in [0.5, 0.6) is 0 Å². The van der Waals surface area contributed by atoms with Crippen LogP contribution in [0, 0.1) is 17.2 Å². The lowest BCUT2D eigenvalue weighted by Gasteiger charge is -2.41. The second-order valence-corrected chi connectivity index (χ2v) is 14.9. The summed E-state index contributed by atoms with van der Waals surface area (Å²) in [6.07, 6.45) is 6.47. The molecule has 0 radical (unpaired) electrons. The third-order valence-corrected chi connectivity index (χ3v) is 11.5. The SMILES string of the molecule is CC1=C(c2ccc(C3CC(CN4CCC(CO)CC4)C3)cc2)C=C(C(F)F)/C(=C/[NH2+]C(C(=O)Nc2nccs2)c2ncn3c2C[C@@H](F)C3)C1=N. The van der Waals surface area contributed by atoms with Gasteiger partial charge >= 0.3 is 0 Å². The standard InChI is InChI=1S/C37H42F3N7O2S/c1-21-28(25-4-2-24(3-5-25)26-12-23(13-26)17-46-9-6-22(19-48)7-10-46)15-29(35(39)40)30(32(21)41)16-43-34(36(49)45-37-42-8-11-50-37)33-31-14-27(38)18-47(31)20-44-33/h2-5,8,11,15-16,20,22-23,26-27,34-35,41,43,48H,6-7,9-10,12-14,17-19H2,1H3,(H,42,45,49)/p+1/b30-16-,41-32?/t23?,26?,27-,34?/m1/s1. The number of aliphatic hydroxyl groups is 1. The third-order valence-electron chi connectivity index (χ3n) is 10.8. The van der Waals surface area contributed by atoms with E-state index in [2.05, 4.69) is 32.3 Å². The fraction of sp³-hybridized carbons (Fsp3) is 0.459. The second-order valence-electron chi connectivity index (χ2n) is 14.0. The number of benzene rings is 1. The van der Waals surface area contributed by atoms with E-state index in [0.29, 0.717) is 45.4 Å². The van der Waals surface area contributed by atoms with Gasteiger partial charge in [-0.3, -0.25) is 15.5 Å². The van der Waals surface area contributed by atoms with Crippen LogP contribution in [0.2, 0.25) is 0 Å². The normalized spacial score (nSPS) is 24.4. The molecular weight excluding hydrogens is 664 g/mol. The van der Waals surface area contributed by atoms with E-state index in [1.807, 2.05) is 12.1 Å². The highest BCUT2D eigenvalue weighted by molar-refractivity contribution is 7.13. The molecular formula is C37H43F3N7O2S+. The largest absolute Gasteiger partial charge is 0.396 e. The van der Waals surface area contributed by atoms with Gasteiger partial charge in [-0.15, -0.1) is 11.3 Å². The predicted molar refractivity (Wildman–Crippen MR) is 187 cm³/mol. The third kappa shape index (κ3) is 7.14. The average Bonchev–Trinajstić information content (AvgIpc) is 3.83. The van der Waals surface area contributed by atoms with Gasteiger partial charge in [0.15, 0.2) is 5.13 Å². The van der Waals surface area contributed by atoms with E-state index in [9.17, 15) is 23.1 Å². The molecule has 0 bridgehead atoms. The Kier molecular flexibility index (Phi) is 10.2. The van der Waals surface area contributed by atoms with Crippen LogP contribution in [0.4, 0.5) is 18.3 Å². The summed E-state index contributed by atoms with van der Waals surface area (Å²) >= 11 is 1.24. The van der Waals surface area contributed by atoms with Crippen molar-refractivity contribution in [1.82, 2.24) is 19.4 Å². The van der Waals surface area contributed by atoms with Crippen molar-refractivity contribution in [3.63, 3.8) is 0 Å². The van der Waals surface area contributed by atoms with Gasteiger partial charge in [-0.2, -0.15) is 0 Å². The molecule has 2 aliphatic heterocycles. The van der Waals surface area contributed by atoms with Crippen LogP contribution >= 0.6 is 11.3 Å². The molecule has 13 heteroatoms. The van der Waals surface area contributed by atoms with Crippen LogP contribution in [0.25, 0.3) is 5.57 Å². The predicted octanol–water partition coefficient (Wildman–Crippen LogP) is 5.26. The number of rotatable bonds is 11. The zero-order valence-electron chi connectivity index (χ0n) is 28.0. The Labute approximate surface area is 293 Å². The van der Waals surface area contributed by atoms with E-state index < -0.39 is 24.5 Å². The summed E-state index contributed by atoms with van der Waals surface area (Å²) in [5, 5.41) is 24.7. The number of likely N-dealkylation sites (tertiary alicyclic amines) is 1. The number of amides is 1. The average molecular weight is 707 g/mol. The first-order valence-corrected chi connectivity index (χ1v) is 18.2. The maximum Gasteiger partial charge on any atom is 0.291 e. The number of nitrogens with two attached hydrogens (primary N) is 1. The van der Waals surface area contributed by atoms with Gasteiger partial charge < -0.3 is 19.9 Å². The molecule has 2 aliphatic carbocycles. The molecule has 50 heavy (non-hydrogen) atoms. The van der Waals surface area contributed by atoms with Gasteiger partial charge in [0.05, 0.1) is 29.9 Å². The van der Waals surface area contributed by atoms with Gasteiger partial charge in [0, 0.05) is 36.7 Å². The molecule has 1 aromatic carbocycles. The molecule has 9 nitrogen and oxygen atoms in total. The number of aromatic nitrogens is 3. The van der Waals surface area contributed by atoms with E-state index in [-0.39, 0.29) is 36.4 Å². The number of hydrogen-bond acceptors (Lipinski definition) is 7. The van der Waals surface area contributed by atoms with Crippen molar-refractivity contribution in [2.45, 2.75) is 70.1 Å². The minimum absolute atomic E-state index is 0.0326. The maximum atomic E-state index is 14.7. The molecule has 1 saturated heterocycles. The number of thiazole rings is 1. The van der Waals surface area contributed by atoms with Gasteiger partial charge in [-0.25, -0.2) is 23.1 Å². The number of halogens is 3. The molecule has 1 amide bonds. The Morgan fingerprint density at radius 2 is 1.94 bits per heavy atom. The second kappa shape index (κ2) is 14.7. The number of carbonyl (C=O) groups is 1. The number of quaternary nitrogens is 1. The molecule has 2 atom stereocenters. The summed E-state index contributed by atoms with van der Waals surface area (Å²) in [4.78, 5) is 24.6. The van der Waals surface area contributed by atoms with Crippen LogP contribution < -0.4 is 10.6 Å². The zero-order valence-corrected chi connectivity index (χ0v) is 28.8. The molecule has 264 valence electrons. The number of fused-ring (bicyclic) bond motifs is 1. The number of alkyl halides is 3. The lowest BCUT2D eigenvalue weighted by atomic mass is 9.71. The fourth-order valence-electron chi connectivity index (χ4n) is 7.80. The first kappa shape index (κ1) is 34.5. The van der Waals surface area contributed by atoms with Crippen LogP contribution in [0.3, 0.4) is 0 Å². The maximum absolute atomic E-state index is 14.7. The van der Waals surface area contributed by atoms with Crippen LogP contribution in [0.1, 0.15) is 67.1 Å². The van der Waals surface area contributed by atoms with Crippen molar-refractivity contribution >= 4 is 33.7 Å².